The lowest BCUT2D eigenvalue weighted by molar-refractivity contribution is 0.196. The van der Waals surface area contributed by atoms with Crippen molar-refractivity contribution < 1.29 is 5.11 Å². The van der Waals surface area contributed by atoms with E-state index in [2.05, 4.69) is 0 Å². The van der Waals surface area contributed by atoms with E-state index < -0.39 is 0 Å². The third kappa shape index (κ3) is 3.59. The fraction of sp³-hybridized carbons (Fsp3) is 0.400. The maximum atomic E-state index is 9.29. The highest BCUT2D eigenvalue weighted by Gasteiger charge is 2.09. The Hall–Kier alpha value is -0.180. The van der Waals surface area contributed by atoms with Gasteiger partial charge in [-0.05, 0) is 31.2 Å². The van der Waals surface area contributed by atoms with Gasteiger partial charge >= 0.3 is 0 Å². The Bertz CT molecular complexity index is 258. The first-order valence-electron chi connectivity index (χ1n) is 4.20. The van der Waals surface area contributed by atoms with Crippen molar-refractivity contribution >= 4 is 23.4 Å². The van der Waals surface area contributed by atoms with Gasteiger partial charge in [0.05, 0.1) is 6.10 Å². The molecule has 72 valence electrons. The Morgan fingerprint density at radius 2 is 1.77 bits per heavy atom. The Labute approximate surface area is 88.1 Å². The molecule has 0 saturated heterocycles. The zero-order valence-electron chi connectivity index (χ0n) is 7.70. The van der Waals surface area contributed by atoms with Crippen LogP contribution in [0, 0.1) is 0 Å². The van der Waals surface area contributed by atoms with E-state index in [0.717, 1.165) is 9.92 Å². The summed E-state index contributed by atoms with van der Waals surface area (Å²) < 4.78 is 0. The van der Waals surface area contributed by atoms with Gasteiger partial charge in [0.2, 0.25) is 0 Å². The fourth-order valence-corrected chi connectivity index (χ4v) is 1.87. The molecule has 0 aliphatic heterocycles. The molecule has 0 saturated carbocycles. The van der Waals surface area contributed by atoms with Crippen molar-refractivity contribution in [2.75, 3.05) is 0 Å². The number of halogens is 1. The first-order chi connectivity index (χ1) is 6.09. The Morgan fingerprint density at radius 3 is 2.23 bits per heavy atom. The minimum atomic E-state index is -0.291. The van der Waals surface area contributed by atoms with Gasteiger partial charge in [-0.3, -0.25) is 0 Å². The summed E-state index contributed by atoms with van der Waals surface area (Å²) in [7, 11) is 0. The minimum absolute atomic E-state index is 0.209. The Morgan fingerprint density at radius 1 is 1.23 bits per heavy atom. The SMILES string of the molecule is CC(O)C(C)Sc1ccc(Cl)cc1. The molecule has 0 aliphatic carbocycles. The van der Waals surface area contributed by atoms with Crippen molar-refractivity contribution in [3.8, 4) is 0 Å². The van der Waals surface area contributed by atoms with E-state index >= 15 is 0 Å². The number of rotatable bonds is 3. The van der Waals surface area contributed by atoms with Gasteiger partial charge in [-0.1, -0.05) is 18.5 Å². The monoisotopic (exact) mass is 216 g/mol. The van der Waals surface area contributed by atoms with Crippen LogP contribution in [-0.2, 0) is 0 Å². The average molecular weight is 217 g/mol. The highest BCUT2D eigenvalue weighted by molar-refractivity contribution is 8.00. The highest BCUT2D eigenvalue weighted by Crippen LogP contribution is 2.26. The van der Waals surface area contributed by atoms with E-state index in [9.17, 15) is 5.11 Å². The van der Waals surface area contributed by atoms with Crippen LogP contribution in [0.2, 0.25) is 5.02 Å². The molecule has 2 unspecified atom stereocenters. The van der Waals surface area contributed by atoms with Crippen molar-refractivity contribution in [2.45, 2.75) is 30.1 Å². The second kappa shape index (κ2) is 4.89. The van der Waals surface area contributed by atoms with Gasteiger partial charge in [0.15, 0.2) is 0 Å². The minimum Gasteiger partial charge on any atom is -0.392 e. The van der Waals surface area contributed by atoms with Gasteiger partial charge in [0, 0.05) is 15.2 Å². The van der Waals surface area contributed by atoms with Gasteiger partial charge in [0.25, 0.3) is 0 Å². The first kappa shape index (κ1) is 10.9. The number of aliphatic hydroxyl groups is 1. The molecule has 0 heterocycles. The Kier molecular flexibility index (Phi) is 4.10. The number of hydrogen-bond acceptors (Lipinski definition) is 2. The molecule has 13 heavy (non-hydrogen) atoms. The predicted molar refractivity (Wildman–Crippen MR) is 58.5 cm³/mol. The summed E-state index contributed by atoms with van der Waals surface area (Å²) >= 11 is 7.40. The Balaban J connectivity index is 2.59. The third-order valence-electron chi connectivity index (χ3n) is 1.81. The lowest BCUT2D eigenvalue weighted by Gasteiger charge is -2.13. The molecule has 0 amide bonds. The third-order valence-corrected chi connectivity index (χ3v) is 3.38. The lowest BCUT2D eigenvalue weighted by atomic mass is 10.3. The molecule has 3 heteroatoms. The predicted octanol–water partition coefficient (Wildman–Crippen LogP) is 3.20. The standard InChI is InChI=1S/C10H13ClOS/c1-7(12)8(2)13-10-5-3-9(11)4-6-10/h3-8,12H,1-2H3. The summed E-state index contributed by atoms with van der Waals surface area (Å²) in [5.41, 5.74) is 0. The van der Waals surface area contributed by atoms with Crippen LogP contribution in [0.15, 0.2) is 29.2 Å². The zero-order valence-corrected chi connectivity index (χ0v) is 9.27. The topological polar surface area (TPSA) is 20.2 Å². The molecule has 0 fully saturated rings. The second-order valence-electron chi connectivity index (χ2n) is 3.02. The van der Waals surface area contributed by atoms with E-state index in [4.69, 9.17) is 11.6 Å². The van der Waals surface area contributed by atoms with Gasteiger partial charge in [0.1, 0.15) is 0 Å². The van der Waals surface area contributed by atoms with Gasteiger partial charge in [-0.15, -0.1) is 11.8 Å². The van der Waals surface area contributed by atoms with Gasteiger partial charge < -0.3 is 5.11 Å². The van der Waals surface area contributed by atoms with Crippen molar-refractivity contribution in [2.24, 2.45) is 0 Å². The second-order valence-corrected chi connectivity index (χ2v) is 4.90. The largest absolute Gasteiger partial charge is 0.392 e. The quantitative estimate of drug-likeness (QED) is 0.784. The molecule has 0 aliphatic rings. The lowest BCUT2D eigenvalue weighted by Crippen LogP contribution is -2.14. The maximum absolute atomic E-state index is 9.29. The normalized spacial score (nSPS) is 15.4. The summed E-state index contributed by atoms with van der Waals surface area (Å²) in [5.74, 6) is 0. The van der Waals surface area contributed by atoms with Gasteiger partial charge in [-0.25, -0.2) is 0 Å². The molecule has 1 N–H and O–H groups in total. The number of aliphatic hydroxyl groups excluding tert-OH is 1. The van der Waals surface area contributed by atoms with Crippen molar-refractivity contribution in [3.05, 3.63) is 29.3 Å². The van der Waals surface area contributed by atoms with Crippen LogP contribution in [-0.4, -0.2) is 16.5 Å². The van der Waals surface area contributed by atoms with Crippen LogP contribution in [0.25, 0.3) is 0 Å². The van der Waals surface area contributed by atoms with Crippen LogP contribution >= 0.6 is 23.4 Å². The summed E-state index contributed by atoms with van der Waals surface area (Å²) in [6, 6.07) is 7.65. The number of thioether (sulfide) groups is 1. The van der Waals surface area contributed by atoms with Crippen LogP contribution in [0.5, 0.6) is 0 Å². The summed E-state index contributed by atoms with van der Waals surface area (Å²) in [6.07, 6.45) is -0.291. The smallest absolute Gasteiger partial charge is 0.0631 e. The number of benzene rings is 1. The van der Waals surface area contributed by atoms with Crippen molar-refractivity contribution in [1.82, 2.24) is 0 Å². The summed E-state index contributed by atoms with van der Waals surface area (Å²) in [6.45, 7) is 3.80. The molecule has 1 nitrogen and oxygen atoms in total. The van der Waals surface area contributed by atoms with E-state index in [0.29, 0.717) is 0 Å². The molecule has 0 bridgehead atoms. The van der Waals surface area contributed by atoms with Crippen molar-refractivity contribution in [3.63, 3.8) is 0 Å². The fourth-order valence-electron chi connectivity index (χ4n) is 0.826. The van der Waals surface area contributed by atoms with Crippen LogP contribution < -0.4 is 0 Å². The van der Waals surface area contributed by atoms with Crippen LogP contribution in [0.4, 0.5) is 0 Å². The molecule has 1 aromatic rings. The zero-order chi connectivity index (χ0) is 9.84. The van der Waals surface area contributed by atoms with E-state index in [1.165, 1.54) is 0 Å². The average Bonchev–Trinajstić information content (AvgIpc) is 2.08. The molecule has 1 aromatic carbocycles. The van der Waals surface area contributed by atoms with E-state index in [1.54, 1.807) is 18.7 Å². The number of hydrogen-bond donors (Lipinski definition) is 1. The van der Waals surface area contributed by atoms with E-state index in [-0.39, 0.29) is 11.4 Å². The molecule has 0 aromatic heterocycles. The molecular weight excluding hydrogens is 204 g/mol. The molecule has 1 rings (SSSR count). The van der Waals surface area contributed by atoms with Crippen LogP contribution in [0.3, 0.4) is 0 Å². The maximum Gasteiger partial charge on any atom is 0.0631 e. The van der Waals surface area contributed by atoms with Crippen LogP contribution in [0.1, 0.15) is 13.8 Å². The van der Waals surface area contributed by atoms with Gasteiger partial charge in [-0.2, -0.15) is 0 Å². The molecular formula is C10H13ClOS. The molecule has 2 atom stereocenters. The van der Waals surface area contributed by atoms with E-state index in [1.807, 2.05) is 31.2 Å². The summed E-state index contributed by atoms with van der Waals surface area (Å²) in [4.78, 5) is 1.14. The summed E-state index contributed by atoms with van der Waals surface area (Å²) in [5, 5.41) is 10.2. The molecule has 0 radical (unpaired) electrons. The molecule has 0 spiro atoms. The van der Waals surface area contributed by atoms with Crippen molar-refractivity contribution in [1.29, 1.82) is 0 Å². The first-order valence-corrected chi connectivity index (χ1v) is 5.45. The highest BCUT2D eigenvalue weighted by atomic mass is 35.5.